The second-order valence-electron chi connectivity index (χ2n) is 3.90. The molecule has 2 rings (SSSR count). The number of hydrogen-bond donors (Lipinski definition) is 2. The van der Waals surface area contributed by atoms with Gasteiger partial charge in [-0.15, -0.1) is 0 Å². The number of hydrogen-bond acceptors (Lipinski definition) is 3. The van der Waals surface area contributed by atoms with Crippen LogP contribution in [0.4, 0.5) is 10.1 Å². The number of anilines is 1. The zero-order valence-corrected chi connectivity index (χ0v) is 11.4. The second kappa shape index (κ2) is 5.72. The van der Waals surface area contributed by atoms with Gasteiger partial charge in [-0.2, -0.15) is 5.26 Å². The van der Waals surface area contributed by atoms with Crippen molar-refractivity contribution in [3.8, 4) is 11.8 Å². The zero-order valence-electron chi connectivity index (χ0n) is 9.77. The van der Waals surface area contributed by atoms with Gasteiger partial charge in [0.05, 0.1) is 6.07 Å². The molecule has 1 unspecified atom stereocenters. The van der Waals surface area contributed by atoms with Crippen LogP contribution < -0.4 is 5.32 Å². The summed E-state index contributed by atoms with van der Waals surface area (Å²) in [5, 5.41) is 21.3. The summed E-state index contributed by atoms with van der Waals surface area (Å²) in [6.45, 7) is 0. The van der Waals surface area contributed by atoms with E-state index in [4.69, 9.17) is 5.11 Å². The third-order valence-corrected chi connectivity index (χ3v) is 3.30. The molecule has 1 atom stereocenters. The number of phenolic OH excluding ortho intramolecular Hbond substituents is 1. The molecule has 19 heavy (non-hydrogen) atoms. The molecule has 0 aliphatic heterocycles. The predicted molar refractivity (Wildman–Crippen MR) is 74.2 cm³/mol. The van der Waals surface area contributed by atoms with Crippen LogP contribution in [-0.2, 0) is 0 Å². The number of nitriles is 1. The molecule has 0 amide bonds. The molecule has 0 aliphatic rings. The Labute approximate surface area is 118 Å². The van der Waals surface area contributed by atoms with Crippen molar-refractivity contribution in [2.45, 2.75) is 6.04 Å². The van der Waals surface area contributed by atoms with Crippen molar-refractivity contribution in [3.05, 3.63) is 58.3 Å². The van der Waals surface area contributed by atoms with Crippen molar-refractivity contribution in [2.75, 3.05) is 5.32 Å². The van der Waals surface area contributed by atoms with Crippen molar-refractivity contribution < 1.29 is 9.50 Å². The normalized spacial score (nSPS) is 11.6. The third-order valence-electron chi connectivity index (χ3n) is 2.61. The number of nitrogens with one attached hydrogen (secondary N) is 1. The molecule has 3 nitrogen and oxygen atoms in total. The summed E-state index contributed by atoms with van der Waals surface area (Å²) in [5.74, 6) is -1.17. The Morgan fingerprint density at radius 3 is 2.63 bits per heavy atom. The zero-order chi connectivity index (χ0) is 13.8. The average molecular weight is 321 g/mol. The molecule has 2 N–H and O–H groups in total. The monoisotopic (exact) mass is 320 g/mol. The number of benzene rings is 2. The lowest BCUT2D eigenvalue weighted by Crippen LogP contribution is -2.09. The topological polar surface area (TPSA) is 56.0 Å². The molecule has 0 aliphatic carbocycles. The Morgan fingerprint density at radius 2 is 2.00 bits per heavy atom. The molecular weight excluding hydrogens is 311 g/mol. The first-order valence-electron chi connectivity index (χ1n) is 5.51. The van der Waals surface area contributed by atoms with Crippen molar-refractivity contribution in [3.63, 3.8) is 0 Å². The van der Waals surface area contributed by atoms with E-state index >= 15 is 0 Å². The van der Waals surface area contributed by atoms with Gasteiger partial charge in [0.2, 0.25) is 0 Å². The van der Waals surface area contributed by atoms with Gasteiger partial charge in [0.1, 0.15) is 6.04 Å². The molecule has 5 heteroatoms. The van der Waals surface area contributed by atoms with E-state index in [2.05, 4.69) is 27.3 Å². The number of nitrogens with zero attached hydrogens (tertiary/aromatic N) is 1. The van der Waals surface area contributed by atoms with E-state index in [-0.39, 0.29) is 0 Å². The minimum absolute atomic E-state index is 0.429. The highest BCUT2D eigenvalue weighted by Gasteiger charge is 2.13. The van der Waals surface area contributed by atoms with Crippen LogP contribution in [0, 0.1) is 17.1 Å². The SMILES string of the molecule is N#CC(Nc1ccccc1Br)c1ccc(O)c(F)c1. The van der Waals surface area contributed by atoms with Crippen LogP contribution >= 0.6 is 15.9 Å². The van der Waals surface area contributed by atoms with Crippen LogP contribution in [0.2, 0.25) is 0 Å². The first kappa shape index (κ1) is 13.4. The molecule has 0 saturated carbocycles. The van der Waals surface area contributed by atoms with E-state index in [1.807, 2.05) is 24.3 Å². The van der Waals surface area contributed by atoms with Gasteiger partial charge in [0.25, 0.3) is 0 Å². The Bertz CT molecular complexity index is 640. The summed E-state index contributed by atoms with van der Waals surface area (Å²) in [6, 6.07) is 12.6. The van der Waals surface area contributed by atoms with Gasteiger partial charge in [-0.1, -0.05) is 18.2 Å². The number of halogens is 2. The predicted octanol–water partition coefficient (Wildman–Crippen LogP) is 3.97. The van der Waals surface area contributed by atoms with Gasteiger partial charge >= 0.3 is 0 Å². The first-order valence-corrected chi connectivity index (χ1v) is 6.30. The van der Waals surface area contributed by atoms with Gasteiger partial charge in [-0.05, 0) is 45.8 Å². The van der Waals surface area contributed by atoms with Gasteiger partial charge in [0, 0.05) is 10.2 Å². The minimum atomic E-state index is -0.744. The standard InChI is InChI=1S/C14H10BrFN2O/c15-10-3-1-2-4-12(10)18-13(8-17)9-5-6-14(19)11(16)7-9/h1-7,13,18-19H. The fourth-order valence-corrected chi connectivity index (χ4v) is 2.03. The van der Waals surface area contributed by atoms with Crippen LogP contribution in [0.3, 0.4) is 0 Å². The van der Waals surface area contributed by atoms with Crippen molar-refractivity contribution in [1.29, 1.82) is 5.26 Å². The third kappa shape index (κ3) is 3.04. The van der Waals surface area contributed by atoms with Crippen LogP contribution in [-0.4, -0.2) is 5.11 Å². The molecule has 0 spiro atoms. The molecule has 0 radical (unpaired) electrons. The van der Waals surface area contributed by atoms with E-state index in [1.165, 1.54) is 12.1 Å². The largest absolute Gasteiger partial charge is 0.505 e. The van der Waals surface area contributed by atoms with E-state index in [0.29, 0.717) is 5.56 Å². The maximum atomic E-state index is 13.3. The lowest BCUT2D eigenvalue weighted by molar-refractivity contribution is 0.431. The number of para-hydroxylation sites is 1. The van der Waals surface area contributed by atoms with Crippen LogP contribution in [0.1, 0.15) is 11.6 Å². The maximum Gasteiger partial charge on any atom is 0.165 e. The van der Waals surface area contributed by atoms with E-state index in [9.17, 15) is 9.65 Å². The Balaban J connectivity index is 2.28. The van der Waals surface area contributed by atoms with E-state index in [0.717, 1.165) is 16.2 Å². The highest BCUT2D eigenvalue weighted by atomic mass is 79.9. The van der Waals surface area contributed by atoms with Gasteiger partial charge in [0.15, 0.2) is 11.6 Å². The van der Waals surface area contributed by atoms with Gasteiger partial charge in [-0.25, -0.2) is 4.39 Å². The minimum Gasteiger partial charge on any atom is -0.505 e. The van der Waals surface area contributed by atoms with Gasteiger partial charge < -0.3 is 10.4 Å². The van der Waals surface area contributed by atoms with Crippen LogP contribution in [0.15, 0.2) is 46.9 Å². The van der Waals surface area contributed by atoms with Crippen molar-refractivity contribution in [2.24, 2.45) is 0 Å². The quantitative estimate of drug-likeness (QED) is 0.899. The Morgan fingerprint density at radius 1 is 1.26 bits per heavy atom. The average Bonchev–Trinajstić information content (AvgIpc) is 2.41. The fraction of sp³-hybridized carbons (Fsp3) is 0.0714. The van der Waals surface area contributed by atoms with Crippen LogP contribution in [0.5, 0.6) is 5.75 Å². The summed E-state index contributed by atoms with van der Waals surface area (Å²) >= 11 is 3.37. The van der Waals surface area contributed by atoms with Crippen molar-refractivity contribution >= 4 is 21.6 Å². The van der Waals surface area contributed by atoms with Gasteiger partial charge in [-0.3, -0.25) is 0 Å². The Hall–Kier alpha value is -2.06. The lowest BCUT2D eigenvalue weighted by Gasteiger charge is -2.14. The molecule has 96 valence electrons. The smallest absolute Gasteiger partial charge is 0.165 e. The summed E-state index contributed by atoms with van der Waals surface area (Å²) < 4.78 is 14.1. The summed E-state index contributed by atoms with van der Waals surface area (Å²) in [6.07, 6.45) is 0. The molecule has 0 aromatic heterocycles. The maximum absolute atomic E-state index is 13.3. The van der Waals surface area contributed by atoms with Crippen molar-refractivity contribution in [1.82, 2.24) is 0 Å². The molecular formula is C14H10BrFN2O. The highest BCUT2D eigenvalue weighted by Crippen LogP contribution is 2.27. The lowest BCUT2D eigenvalue weighted by atomic mass is 10.1. The molecule has 0 saturated heterocycles. The highest BCUT2D eigenvalue weighted by molar-refractivity contribution is 9.10. The molecule has 0 bridgehead atoms. The summed E-state index contributed by atoms with van der Waals surface area (Å²) in [7, 11) is 0. The Kier molecular flexibility index (Phi) is 4.03. The van der Waals surface area contributed by atoms with Crippen LogP contribution in [0.25, 0.3) is 0 Å². The first-order chi connectivity index (χ1) is 9.11. The number of aromatic hydroxyl groups is 1. The molecule has 0 heterocycles. The summed E-state index contributed by atoms with van der Waals surface area (Å²) in [5.41, 5.74) is 1.19. The number of phenols is 1. The molecule has 2 aromatic rings. The molecule has 0 fully saturated rings. The fourth-order valence-electron chi connectivity index (χ4n) is 1.63. The van der Waals surface area contributed by atoms with E-state index in [1.54, 1.807) is 0 Å². The molecule has 2 aromatic carbocycles. The summed E-state index contributed by atoms with van der Waals surface area (Å²) in [4.78, 5) is 0. The van der Waals surface area contributed by atoms with E-state index < -0.39 is 17.6 Å². The number of rotatable bonds is 3. The second-order valence-corrected chi connectivity index (χ2v) is 4.75.